The van der Waals surface area contributed by atoms with Gasteiger partial charge < -0.3 is 10.1 Å². The lowest BCUT2D eigenvalue weighted by atomic mass is 9.87. The van der Waals surface area contributed by atoms with Gasteiger partial charge in [-0.25, -0.2) is 0 Å². The van der Waals surface area contributed by atoms with Crippen molar-refractivity contribution < 1.29 is 14.3 Å². The Morgan fingerprint density at radius 2 is 1.79 bits per heavy atom. The monoisotopic (exact) mass is 494 g/mol. The number of hydrogen-bond acceptors (Lipinski definition) is 4. The number of nitrogens with one attached hydrogen (secondary N) is 1. The normalized spacial score (nSPS) is 15.9. The molecule has 0 aromatic heterocycles. The number of carbonyl (C=O) groups excluding carboxylic acids is 2. The first kappa shape index (κ1) is 24.2. The lowest BCUT2D eigenvalue weighted by molar-refractivity contribution is -0.118. The first-order valence-corrected chi connectivity index (χ1v) is 12.5. The van der Waals surface area contributed by atoms with Crippen molar-refractivity contribution in [1.82, 2.24) is 0 Å². The van der Waals surface area contributed by atoms with Crippen LogP contribution in [0.1, 0.15) is 37.3 Å². The summed E-state index contributed by atoms with van der Waals surface area (Å²) in [6.45, 7) is 6.39. The highest BCUT2D eigenvalue weighted by Crippen LogP contribution is 2.42. The van der Waals surface area contributed by atoms with Gasteiger partial charge in [-0.05, 0) is 65.1 Å². The molecule has 0 aliphatic carbocycles. The molecule has 176 valence electrons. The van der Waals surface area contributed by atoms with Gasteiger partial charge in [0.1, 0.15) is 11.1 Å². The summed E-state index contributed by atoms with van der Waals surface area (Å²) in [6.07, 6.45) is 0. The van der Waals surface area contributed by atoms with Gasteiger partial charge in [-0.3, -0.25) is 14.5 Å². The smallest absolute Gasteiger partial charge is 0.262 e. The van der Waals surface area contributed by atoms with Crippen LogP contribution >= 0.6 is 23.4 Å². The summed E-state index contributed by atoms with van der Waals surface area (Å²) in [4.78, 5) is 27.0. The molecule has 0 spiro atoms. The van der Waals surface area contributed by atoms with Gasteiger partial charge in [0.15, 0.2) is 6.61 Å². The number of benzene rings is 3. The Balaban J connectivity index is 1.45. The van der Waals surface area contributed by atoms with E-state index in [0.29, 0.717) is 22.2 Å². The van der Waals surface area contributed by atoms with Crippen LogP contribution < -0.4 is 15.0 Å². The maximum atomic E-state index is 12.8. The second kappa shape index (κ2) is 10.1. The van der Waals surface area contributed by atoms with Crippen LogP contribution in [0.5, 0.6) is 5.75 Å². The highest BCUT2D eigenvalue weighted by atomic mass is 35.5. The van der Waals surface area contributed by atoms with Crippen molar-refractivity contribution in [1.29, 1.82) is 0 Å². The van der Waals surface area contributed by atoms with Crippen molar-refractivity contribution >= 4 is 46.6 Å². The molecule has 1 atom stereocenters. The average molecular weight is 495 g/mol. The molecule has 3 aromatic rings. The lowest BCUT2D eigenvalue weighted by Crippen LogP contribution is -2.28. The fourth-order valence-electron chi connectivity index (χ4n) is 3.72. The lowest BCUT2D eigenvalue weighted by Gasteiger charge is -2.26. The second-order valence-corrected chi connectivity index (χ2v) is 10.6. The fraction of sp³-hybridized carbons (Fsp3) is 0.259. The molecular weight excluding hydrogens is 468 g/mol. The summed E-state index contributed by atoms with van der Waals surface area (Å²) in [5, 5.41) is 3.32. The van der Waals surface area contributed by atoms with Crippen molar-refractivity contribution in [2.75, 3.05) is 22.6 Å². The molecular formula is C27H27ClN2O3S. The van der Waals surface area contributed by atoms with Crippen molar-refractivity contribution in [3.8, 4) is 5.75 Å². The first-order chi connectivity index (χ1) is 16.2. The zero-order valence-electron chi connectivity index (χ0n) is 19.4. The quantitative estimate of drug-likeness (QED) is 0.428. The van der Waals surface area contributed by atoms with E-state index in [1.807, 2.05) is 41.3 Å². The molecule has 7 heteroatoms. The molecule has 5 nitrogen and oxygen atoms in total. The average Bonchev–Trinajstić information content (AvgIpc) is 3.20. The number of carbonyl (C=O) groups is 2. The summed E-state index contributed by atoms with van der Waals surface area (Å²) >= 11 is 7.45. The number of nitrogens with zero attached hydrogens (tertiary/aromatic N) is 1. The molecule has 34 heavy (non-hydrogen) atoms. The Morgan fingerprint density at radius 1 is 1.09 bits per heavy atom. The van der Waals surface area contributed by atoms with Crippen LogP contribution in [-0.2, 0) is 15.0 Å². The van der Waals surface area contributed by atoms with E-state index in [-0.39, 0.29) is 29.2 Å². The standard InChI is InChI=1S/C27H27ClN2O3S/c1-27(2,3)19-7-11-22(12-8-19)30-25(32)17-34-26(30)18-5-4-6-21(15-18)29-24(31)16-33-23-13-9-20(28)10-14-23/h4-15,26H,16-17H2,1-3H3,(H,29,31)/t26-/m0/s1. The number of rotatable bonds is 6. The van der Waals surface area contributed by atoms with Crippen LogP contribution in [0.25, 0.3) is 0 Å². The summed E-state index contributed by atoms with van der Waals surface area (Å²) in [5.41, 5.74) is 3.75. The maximum Gasteiger partial charge on any atom is 0.262 e. The number of thioether (sulfide) groups is 1. The topological polar surface area (TPSA) is 58.6 Å². The number of ether oxygens (including phenoxy) is 1. The number of halogens is 1. The second-order valence-electron chi connectivity index (χ2n) is 9.14. The zero-order valence-corrected chi connectivity index (χ0v) is 21.0. The number of amides is 2. The van der Waals surface area contributed by atoms with E-state index in [0.717, 1.165) is 11.3 Å². The van der Waals surface area contributed by atoms with Crippen molar-refractivity contribution in [3.05, 3.63) is 88.9 Å². The Hall–Kier alpha value is -2.96. The van der Waals surface area contributed by atoms with Crippen molar-refractivity contribution in [2.45, 2.75) is 31.6 Å². The Bertz CT molecular complexity index is 1170. The molecule has 0 radical (unpaired) electrons. The number of hydrogen-bond donors (Lipinski definition) is 1. The third kappa shape index (κ3) is 5.75. The minimum atomic E-state index is -0.267. The molecule has 0 unspecified atom stereocenters. The predicted molar refractivity (Wildman–Crippen MR) is 140 cm³/mol. The van der Waals surface area contributed by atoms with Crippen LogP contribution in [0.2, 0.25) is 5.02 Å². The SMILES string of the molecule is CC(C)(C)c1ccc(N2C(=O)CS[C@H]2c2cccc(NC(=O)COc3ccc(Cl)cc3)c2)cc1. The zero-order chi connectivity index (χ0) is 24.3. The minimum absolute atomic E-state index is 0.0471. The largest absolute Gasteiger partial charge is 0.484 e. The van der Waals surface area contributed by atoms with E-state index in [4.69, 9.17) is 16.3 Å². The van der Waals surface area contributed by atoms with Gasteiger partial charge >= 0.3 is 0 Å². The highest BCUT2D eigenvalue weighted by molar-refractivity contribution is 8.00. The molecule has 2 amide bonds. The minimum Gasteiger partial charge on any atom is -0.484 e. The maximum absolute atomic E-state index is 12.8. The van der Waals surface area contributed by atoms with Crippen LogP contribution in [0.4, 0.5) is 11.4 Å². The van der Waals surface area contributed by atoms with Gasteiger partial charge in [-0.1, -0.05) is 56.6 Å². The molecule has 1 N–H and O–H groups in total. The highest BCUT2D eigenvalue weighted by Gasteiger charge is 2.34. The summed E-state index contributed by atoms with van der Waals surface area (Å²) in [6, 6.07) is 22.6. The molecule has 0 saturated carbocycles. The molecule has 1 fully saturated rings. The van der Waals surface area contributed by atoms with E-state index in [1.54, 1.807) is 36.0 Å². The van der Waals surface area contributed by atoms with E-state index in [1.165, 1.54) is 5.56 Å². The molecule has 1 heterocycles. The van der Waals surface area contributed by atoms with Crippen molar-refractivity contribution in [2.24, 2.45) is 0 Å². The van der Waals surface area contributed by atoms with E-state index in [9.17, 15) is 9.59 Å². The van der Waals surface area contributed by atoms with Crippen LogP contribution in [0.3, 0.4) is 0 Å². The number of anilines is 2. The van der Waals surface area contributed by atoms with E-state index < -0.39 is 0 Å². The van der Waals surface area contributed by atoms with E-state index in [2.05, 4.69) is 38.2 Å². The first-order valence-electron chi connectivity index (χ1n) is 11.0. The van der Waals surface area contributed by atoms with Gasteiger partial charge in [0, 0.05) is 16.4 Å². The molecule has 0 bridgehead atoms. The third-order valence-corrected chi connectivity index (χ3v) is 6.98. The summed E-state index contributed by atoms with van der Waals surface area (Å²) in [7, 11) is 0. The molecule has 1 aliphatic rings. The summed E-state index contributed by atoms with van der Waals surface area (Å²) < 4.78 is 5.52. The molecule has 1 saturated heterocycles. The molecule has 4 rings (SSSR count). The van der Waals surface area contributed by atoms with Crippen LogP contribution in [0.15, 0.2) is 72.8 Å². The Morgan fingerprint density at radius 3 is 2.47 bits per heavy atom. The fourth-order valence-corrected chi connectivity index (χ4v) is 5.01. The Kier molecular flexibility index (Phi) is 7.19. The van der Waals surface area contributed by atoms with Crippen LogP contribution in [0, 0.1) is 0 Å². The third-order valence-electron chi connectivity index (χ3n) is 5.52. The van der Waals surface area contributed by atoms with E-state index >= 15 is 0 Å². The van der Waals surface area contributed by atoms with Gasteiger partial charge in [-0.15, -0.1) is 11.8 Å². The van der Waals surface area contributed by atoms with Gasteiger partial charge in [-0.2, -0.15) is 0 Å². The summed E-state index contributed by atoms with van der Waals surface area (Å²) in [5.74, 6) is 0.792. The Labute approximate surface area is 209 Å². The molecule has 1 aliphatic heterocycles. The van der Waals surface area contributed by atoms with Crippen molar-refractivity contribution in [3.63, 3.8) is 0 Å². The van der Waals surface area contributed by atoms with Crippen LogP contribution in [-0.4, -0.2) is 24.2 Å². The van der Waals surface area contributed by atoms with Gasteiger partial charge in [0.25, 0.3) is 5.91 Å². The van der Waals surface area contributed by atoms with Gasteiger partial charge in [0.2, 0.25) is 5.91 Å². The predicted octanol–water partition coefficient (Wildman–Crippen LogP) is 6.43. The molecule has 3 aromatic carbocycles. The van der Waals surface area contributed by atoms with Gasteiger partial charge in [0.05, 0.1) is 5.75 Å².